The molecule has 1 fully saturated rings. The third-order valence-corrected chi connectivity index (χ3v) is 4.26. The van der Waals surface area contributed by atoms with Crippen molar-refractivity contribution in [3.8, 4) is 16.9 Å². The lowest BCUT2D eigenvalue weighted by atomic mass is 10.2. The molecule has 0 spiro atoms. The Kier molecular flexibility index (Phi) is 4.61. The highest BCUT2D eigenvalue weighted by atomic mass is 19.1. The van der Waals surface area contributed by atoms with Gasteiger partial charge in [-0.25, -0.2) is 13.9 Å². The Balaban J connectivity index is 1.56. The summed E-state index contributed by atoms with van der Waals surface area (Å²) in [5.74, 6) is -0.542. The molecule has 0 aliphatic carbocycles. The predicted octanol–water partition coefficient (Wildman–Crippen LogP) is 3.71. The van der Waals surface area contributed by atoms with Gasteiger partial charge in [0.15, 0.2) is 5.82 Å². The van der Waals surface area contributed by atoms with Gasteiger partial charge in [-0.1, -0.05) is 11.2 Å². The highest BCUT2D eigenvalue weighted by molar-refractivity contribution is 5.89. The quantitative estimate of drug-likeness (QED) is 0.382. The topological polar surface area (TPSA) is 109 Å². The van der Waals surface area contributed by atoms with E-state index in [1.807, 2.05) is 18.2 Å². The second-order valence-electron chi connectivity index (χ2n) is 6.05. The van der Waals surface area contributed by atoms with Crippen LogP contribution in [0.2, 0.25) is 0 Å². The normalized spacial score (nSPS) is 16.0. The van der Waals surface area contributed by atoms with Crippen LogP contribution in [0.15, 0.2) is 60.1 Å². The molecule has 0 N–H and O–H groups in total. The molecule has 9 nitrogen and oxygen atoms in total. The fourth-order valence-electron chi connectivity index (χ4n) is 2.92. The second kappa shape index (κ2) is 7.37. The van der Waals surface area contributed by atoms with E-state index < -0.39 is 18.0 Å². The molecule has 10 heteroatoms. The van der Waals surface area contributed by atoms with Crippen LogP contribution in [0.1, 0.15) is 0 Å². The Hall–Kier alpha value is -3.91. The first-order chi connectivity index (χ1) is 13.7. The highest BCUT2D eigenvalue weighted by Gasteiger charge is 2.32. The number of carbonyl (C=O) groups excluding carboxylic acids is 1. The van der Waals surface area contributed by atoms with Crippen LogP contribution in [0.25, 0.3) is 27.4 Å². The summed E-state index contributed by atoms with van der Waals surface area (Å²) in [6.07, 6.45) is 3.79. The lowest BCUT2D eigenvalue weighted by molar-refractivity contribution is 0.145. The van der Waals surface area contributed by atoms with Gasteiger partial charge in [0.1, 0.15) is 11.8 Å². The first kappa shape index (κ1) is 17.5. The van der Waals surface area contributed by atoms with Crippen molar-refractivity contribution in [2.45, 2.75) is 6.10 Å². The van der Waals surface area contributed by atoms with E-state index in [0.717, 1.165) is 11.3 Å². The van der Waals surface area contributed by atoms with Gasteiger partial charge in [0, 0.05) is 22.9 Å². The zero-order chi connectivity index (χ0) is 19.5. The van der Waals surface area contributed by atoms with Gasteiger partial charge in [0.25, 0.3) is 0 Å². The van der Waals surface area contributed by atoms with Gasteiger partial charge in [0.05, 0.1) is 30.7 Å². The Morgan fingerprint density at radius 2 is 2.25 bits per heavy atom. The number of anilines is 1. The number of nitrogens with zero attached hydrogens (tertiary/aromatic N) is 7. The minimum Gasteiger partial charge on any atom is -0.444 e. The maximum absolute atomic E-state index is 14.7. The first-order valence-corrected chi connectivity index (χ1v) is 8.40. The summed E-state index contributed by atoms with van der Waals surface area (Å²) in [5.41, 5.74) is 10.5. The minimum absolute atomic E-state index is 0.0306. The van der Waals surface area contributed by atoms with Gasteiger partial charge in [0.2, 0.25) is 0 Å². The third-order valence-electron chi connectivity index (χ3n) is 4.26. The molecule has 0 unspecified atom stereocenters. The fourth-order valence-corrected chi connectivity index (χ4v) is 2.92. The molecule has 1 aliphatic rings. The number of pyridine rings is 1. The van der Waals surface area contributed by atoms with Crippen LogP contribution in [0.3, 0.4) is 0 Å². The molecular formula is C18H14FN7O2. The third kappa shape index (κ3) is 3.36. The maximum atomic E-state index is 14.7. The molecular weight excluding hydrogens is 365 g/mol. The summed E-state index contributed by atoms with van der Waals surface area (Å²) in [7, 11) is 0. The van der Waals surface area contributed by atoms with E-state index >= 15 is 0 Å². The number of azide groups is 1. The lowest BCUT2D eigenvalue weighted by Gasteiger charge is -2.14. The van der Waals surface area contributed by atoms with E-state index in [9.17, 15) is 9.18 Å². The molecule has 0 saturated carbocycles. The van der Waals surface area contributed by atoms with Crippen LogP contribution < -0.4 is 4.90 Å². The Bertz CT molecular complexity index is 1060. The van der Waals surface area contributed by atoms with Crippen LogP contribution in [-0.4, -0.2) is 40.1 Å². The molecule has 0 radical (unpaired) electrons. The summed E-state index contributed by atoms with van der Waals surface area (Å²) >= 11 is 0. The van der Waals surface area contributed by atoms with Crippen LogP contribution in [-0.2, 0) is 4.74 Å². The summed E-state index contributed by atoms with van der Waals surface area (Å²) in [6, 6.07) is 9.90. The molecule has 3 aromatic rings. The van der Waals surface area contributed by atoms with Crippen LogP contribution >= 0.6 is 0 Å². The number of benzene rings is 1. The van der Waals surface area contributed by atoms with E-state index in [4.69, 9.17) is 10.3 Å². The van der Waals surface area contributed by atoms with E-state index in [0.29, 0.717) is 5.69 Å². The summed E-state index contributed by atoms with van der Waals surface area (Å²) in [6.45, 7) is 0.213. The molecule has 1 aliphatic heterocycles. The van der Waals surface area contributed by atoms with Gasteiger partial charge in [-0.3, -0.25) is 9.88 Å². The molecule has 1 saturated heterocycles. The van der Waals surface area contributed by atoms with Crippen molar-refractivity contribution < 1.29 is 13.9 Å². The summed E-state index contributed by atoms with van der Waals surface area (Å²) in [5, 5.41) is 7.60. The monoisotopic (exact) mass is 379 g/mol. The molecule has 28 heavy (non-hydrogen) atoms. The van der Waals surface area contributed by atoms with Crippen molar-refractivity contribution in [3.05, 3.63) is 71.2 Å². The number of aromatic nitrogens is 3. The van der Waals surface area contributed by atoms with Crippen molar-refractivity contribution >= 4 is 11.8 Å². The van der Waals surface area contributed by atoms with Gasteiger partial charge in [-0.05, 0) is 35.9 Å². The van der Waals surface area contributed by atoms with Crippen LogP contribution in [0.4, 0.5) is 14.9 Å². The van der Waals surface area contributed by atoms with Crippen molar-refractivity contribution in [1.29, 1.82) is 0 Å². The number of carbonyl (C=O) groups is 1. The lowest BCUT2D eigenvalue weighted by Crippen LogP contribution is -2.25. The second-order valence-corrected chi connectivity index (χ2v) is 6.05. The van der Waals surface area contributed by atoms with Gasteiger partial charge in [-0.15, -0.1) is 0 Å². The van der Waals surface area contributed by atoms with Crippen molar-refractivity contribution in [2.75, 3.05) is 18.0 Å². The number of rotatable bonds is 5. The molecule has 4 rings (SSSR count). The van der Waals surface area contributed by atoms with Crippen molar-refractivity contribution in [1.82, 2.24) is 14.8 Å². The summed E-state index contributed by atoms with van der Waals surface area (Å²) < 4.78 is 21.2. The zero-order valence-corrected chi connectivity index (χ0v) is 14.5. The Morgan fingerprint density at radius 3 is 3.00 bits per heavy atom. The average molecular weight is 379 g/mol. The first-order valence-electron chi connectivity index (χ1n) is 8.40. The standard InChI is InChI=1S/C18H14FN7O2/c19-15-7-13(25-11-14(9-22-24-20)28-18(25)27)4-5-17(15)26-10-12(8-23-26)16-3-1-2-6-21-16/h1-8,10,14H,9,11H2/t14-/m0/s1. The van der Waals surface area contributed by atoms with Crippen molar-refractivity contribution in [2.24, 2.45) is 5.11 Å². The highest BCUT2D eigenvalue weighted by Crippen LogP contribution is 2.26. The molecule has 1 amide bonds. The number of cyclic esters (lactones) is 1. The molecule has 0 bridgehead atoms. The minimum atomic E-state index is -0.609. The van der Waals surface area contributed by atoms with E-state index in [1.54, 1.807) is 24.7 Å². The molecule has 2 aromatic heterocycles. The smallest absolute Gasteiger partial charge is 0.414 e. The number of hydrogen-bond donors (Lipinski definition) is 0. The molecule has 140 valence electrons. The zero-order valence-electron chi connectivity index (χ0n) is 14.5. The molecule has 1 atom stereocenters. The van der Waals surface area contributed by atoms with Crippen molar-refractivity contribution in [3.63, 3.8) is 0 Å². The SMILES string of the molecule is [N-]=[N+]=NC[C@H]1CN(c2ccc(-n3cc(-c4ccccn4)cn3)c(F)c2)C(=O)O1. The molecule has 1 aromatic carbocycles. The van der Waals surface area contributed by atoms with Crippen LogP contribution in [0.5, 0.6) is 0 Å². The average Bonchev–Trinajstić information content (AvgIpc) is 3.34. The van der Waals surface area contributed by atoms with Gasteiger partial charge >= 0.3 is 6.09 Å². The Morgan fingerprint density at radius 1 is 1.36 bits per heavy atom. The summed E-state index contributed by atoms with van der Waals surface area (Å²) in [4.78, 5) is 20.2. The molecule has 3 heterocycles. The van der Waals surface area contributed by atoms with E-state index in [-0.39, 0.29) is 18.8 Å². The number of ether oxygens (including phenoxy) is 1. The van der Waals surface area contributed by atoms with Gasteiger partial charge < -0.3 is 4.74 Å². The number of amides is 1. The Labute approximate surface area is 158 Å². The van der Waals surface area contributed by atoms with Crippen LogP contribution in [0, 0.1) is 5.82 Å². The fraction of sp³-hybridized carbons (Fsp3) is 0.167. The largest absolute Gasteiger partial charge is 0.444 e. The maximum Gasteiger partial charge on any atom is 0.414 e. The number of hydrogen-bond acceptors (Lipinski definition) is 5. The van der Waals surface area contributed by atoms with E-state index in [2.05, 4.69) is 20.1 Å². The number of halogens is 1. The van der Waals surface area contributed by atoms with Gasteiger partial charge in [-0.2, -0.15) is 5.10 Å². The van der Waals surface area contributed by atoms with E-state index in [1.165, 1.54) is 21.7 Å². The predicted molar refractivity (Wildman–Crippen MR) is 98.4 cm³/mol.